The highest BCUT2D eigenvalue weighted by Crippen LogP contribution is 2.36. The van der Waals surface area contributed by atoms with Crippen LogP contribution in [0.4, 0.5) is 0 Å². The van der Waals surface area contributed by atoms with Crippen molar-refractivity contribution in [3.05, 3.63) is 152 Å². The Morgan fingerprint density at radius 2 is 1.37 bits per heavy atom. The normalized spacial score (nSPS) is 11.9. The highest BCUT2D eigenvalue weighted by molar-refractivity contribution is 6.15. The minimum Gasteiger partial charge on any atom is -0.255 e. The Morgan fingerprint density at radius 3 is 2.24 bits per heavy atom. The minimum atomic E-state index is 0.731. The van der Waals surface area contributed by atoms with Gasteiger partial charge in [-0.15, -0.1) is 0 Å². The Morgan fingerprint density at radius 1 is 0.543 bits per heavy atom. The molecule has 0 aliphatic carbocycles. The highest BCUT2D eigenvalue weighted by Gasteiger charge is 2.15. The highest BCUT2D eigenvalue weighted by atomic mass is 14.8. The van der Waals surface area contributed by atoms with Crippen LogP contribution in [-0.2, 0) is 6.42 Å². The van der Waals surface area contributed by atoms with Crippen molar-refractivity contribution in [3.8, 4) is 33.8 Å². The molecule has 3 aromatic carbocycles. The first-order valence-corrected chi connectivity index (χ1v) is 15.4. The maximum Gasteiger partial charge on any atom is 0.0972 e. The van der Waals surface area contributed by atoms with Crippen LogP contribution in [0.2, 0.25) is 0 Å². The number of benzene rings is 3. The van der Waals surface area contributed by atoms with Gasteiger partial charge in [0.1, 0.15) is 0 Å². The van der Waals surface area contributed by atoms with Crippen LogP contribution in [0.3, 0.4) is 0 Å². The molecular weight excluding hydrogens is 562 g/mol. The smallest absolute Gasteiger partial charge is 0.0972 e. The lowest BCUT2D eigenvalue weighted by atomic mass is 9.98. The maximum atomic E-state index is 5.24. The molecule has 5 heteroatoms. The van der Waals surface area contributed by atoms with Gasteiger partial charge in [-0.25, -0.2) is 9.97 Å². The number of fused-ring (bicyclic) bond motifs is 6. The Labute approximate surface area is 266 Å². The number of aromatic nitrogens is 5. The second-order valence-electron chi connectivity index (χ2n) is 11.3. The van der Waals surface area contributed by atoms with Crippen molar-refractivity contribution in [3.63, 3.8) is 0 Å². The van der Waals surface area contributed by atoms with Crippen molar-refractivity contribution >= 4 is 43.6 Å². The summed E-state index contributed by atoms with van der Waals surface area (Å²) >= 11 is 0. The number of hydrogen-bond acceptors (Lipinski definition) is 5. The molecule has 0 saturated heterocycles. The lowest BCUT2D eigenvalue weighted by Crippen LogP contribution is -1.95. The Hall–Kier alpha value is -6.07. The molecule has 0 N–H and O–H groups in total. The molecule has 0 aliphatic rings. The van der Waals surface area contributed by atoms with Crippen molar-refractivity contribution in [1.82, 2.24) is 24.9 Å². The number of rotatable bonds is 6. The first kappa shape index (κ1) is 27.5. The number of pyridine rings is 5. The van der Waals surface area contributed by atoms with Crippen LogP contribution < -0.4 is 0 Å². The Bertz CT molecular complexity index is 2450. The largest absolute Gasteiger partial charge is 0.255 e. The number of allylic oxidation sites excluding steroid dienone is 4. The molecule has 218 valence electrons. The second kappa shape index (κ2) is 11.8. The van der Waals surface area contributed by atoms with E-state index in [9.17, 15) is 0 Å². The molecule has 5 aromatic heterocycles. The van der Waals surface area contributed by atoms with Gasteiger partial charge in [0.15, 0.2) is 0 Å². The Kier molecular flexibility index (Phi) is 7.04. The molecule has 8 rings (SSSR count). The van der Waals surface area contributed by atoms with Gasteiger partial charge in [0.25, 0.3) is 0 Å². The van der Waals surface area contributed by atoms with Crippen LogP contribution in [0, 0.1) is 0 Å². The van der Waals surface area contributed by atoms with Crippen LogP contribution in [-0.4, -0.2) is 24.9 Å². The van der Waals surface area contributed by atoms with E-state index < -0.39 is 0 Å². The molecule has 0 aliphatic heterocycles. The van der Waals surface area contributed by atoms with Gasteiger partial charge < -0.3 is 0 Å². The third kappa shape index (κ3) is 5.08. The molecule has 0 spiro atoms. The quantitative estimate of drug-likeness (QED) is 0.109. The summed E-state index contributed by atoms with van der Waals surface area (Å²) in [4.78, 5) is 24.6. The first-order chi connectivity index (χ1) is 22.7. The molecule has 0 atom stereocenters. The summed E-state index contributed by atoms with van der Waals surface area (Å²) in [7, 11) is 0. The number of para-hydroxylation sites is 1. The first-order valence-electron chi connectivity index (χ1n) is 15.4. The average Bonchev–Trinajstić information content (AvgIpc) is 3.12. The van der Waals surface area contributed by atoms with Gasteiger partial charge in [-0.3, -0.25) is 15.0 Å². The minimum absolute atomic E-state index is 0.731. The van der Waals surface area contributed by atoms with Crippen molar-refractivity contribution in [2.24, 2.45) is 0 Å². The van der Waals surface area contributed by atoms with E-state index in [4.69, 9.17) is 15.0 Å². The molecule has 0 fully saturated rings. The second-order valence-corrected chi connectivity index (χ2v) is 11.3. The molecular formula is C41H29N5. The zero-order chi connectivity index (χ0) is 30.9. The molecule has 46 heavy (non-hydrogen) atoms. The third-order valence-corrected chi connectivity index (χ3v) is 8.27. The van der Waals surface area contributed by atoms with Gasteiger partial charge in [0.05, 0.1) is 39.1 Å². The summed E-state index contributed by atoms with van der Waals surface area (Å²) in [6.45, 7) is 2.01. The summed E-state index contributed by atoms with van der Waals surface area (Å²) in [5.41, 5.74) is 10.5. The van der Waals surface area contributed by atoms with Crippen molar-refractivity contribution in [2.75, 3.05) is 0 Å². The van der Waals surface area contributed by atoms with E-state index >= 15 is 0 Å². The summed E-state index contributed by atoms with van der Waals surface area (Å²) in [5, 5.41) is 4.17. The van der Waals surface area contributed by atoms with Crippen LogP contribution in [0.15, 0.2) is 146 Å². The van der Waals surface area contributed by atoms with E-state index in [2.05, 4.69) is 94.9 Å². The fourth-order valence-electron chi connectivity index (χ4n) is 6.04. The maximum absolute atomic E-state index is 5.24. The zero-order valence-electron chi connectivity index (χ0n) is 25.3. The molecule has 0 amide bonds. The van der Waals surface area contributed by atoms with E-state index in [1.54, 1.807) is 0 Å². The van der Waals surface area contributed by atoms with Crippen LogP contribution in [0.5, 0.6) is 0 Å². The molecule has 5 nitrogen and oxygen atoms in total. The monoisotopic (exact) mass is 591 g/mol. The number of nitrogens with zero attached hydrogens (tertiary/aromatic N) is 5. The van der Waals surface area contributed by atoms with Crippen molar-refractivity contribution in [2.45, 2.75) is 13.3 Å². The van der Waals surface area contributed by atoms with Crippen LogP contribution in [0.1, 0.15) is 12.6 Å². The van der Waals surface area contributed by atoms with Crippen molar-refractivity contribution in [1.29, 1.82) is 0 Å². The molecule has 5 heterocycles. The van der Waals surface area contributed by atoms with E-state index in [0.717, 1.165) is 89.5 Å². The van der Waals surface area contributed by atoms with E-state index in [1.807, 2.05) is 67.9 Å². The van der Waals surface area contributed by atoms with Gasteiger partial charge in [-0.2, -0.15) is 0 Å². The molecule has 0 radical (unpaired) electrons. The summed E-state index contributed by atoms with van der Waals surface area (Å²) in [5.74, 6) is 0. The van der Waals surface area contributed by atoms with Crippen molar-refractivity contribution < 1.29 is 0 Å². The molecule has 8 aromatic rings. The summed E-state index contributed by atoms with van der Waals surface area (Å²) in [6.07, 6.45) is 12.6. The topological polar surface area (TPSA) is 64.5 Å². The van der Waals surface area contributed by atoms with Crippen LogP contribution in [0.25, 0.3) is 77.4 Å². The lowest BCUT2D eigenvalue weighted by Gasteiger charge is -2.13. The third-order valence-electron chi connectivity index (χ3n) is 8.27. The predicted octanol–water partition coefficient (Wildman–Crippen LogP) is 9.95. The average molecular weight is 592 g/mol. The summed E-state index contributed by atoms with van der Waals surface area (Å²) < 4.78 is 0. The van der Waals surface area contributed by atoms with E-state index in [-0.39, 0.29) is 0 Å². The number of hydrogen-bond donors (Lipinski definition) is 0. The van der Waals surface area contributed by atoms with Gasteiger partial charge >= 0.3 is 0 Å². The van der Waals surface area contributed by atoms with E-state index in [1.165, 1.54) is 0 Å². The van der Waals surface area contributed by atoms with E-state index in [0.29, 0.717) is 0 Å². The molecule has 0 bridgehead atoms. The van der Waals surface area contributed by atoms with Crippen LogP contribution >= 0.6 is 0 Å². The standard InChI is InChI=1S/C41H29N5/c1-2-3-4-5-12-32-24-31(26-37(44-32)36-15-8-9-22-42-36)27-16-18-29(19-17-27)38-34-25-30-21-20-28-11-10-23-43-39(28)40(30)46-41(34)33-13-6-7-14-35(33)45-38/h2-11,13-26H,12H2,1H3/b3-2-,5-4-. The van der Waals surface area contributed by atoms with Gasteiger partial charge in [0.2, 0.25) is 0 Å². The SMILES string of the molecule is C/C=C\C=C/Cc1cc(-c2ccc(-c3nc4ccccc4c4nc5c(ccc6cccnc65)cc34)cc2)cc(-c2ccccn2)n1. The molecule has 0 unspecified atom stereocenters. The summed E-state index contributed by atoms with van der Waals surface area (Å²) in [6, 6.07) is 37.6. The van der Waals surface area contributed by atoms with Gasteiger partial charge in [-0.05, 0) is 60.5 Å². The Balaban J connectivity index is 1.26. The fraction of sp³-hybridized carbons (Fsp3) is 0.0488. The predicted molar refractivity (Wildman–Crippen MR) is 189 cm³/mol. The van der Waals surface area contributed by atoms with Gasteiger partial charge in [0, 0.05) is 51.6 Å². The zero-order valence-corrected chi connectivity index (χ0v) is 25.3. The lowest BCUT2D eigenvalue weighted by molar-refractivity contribution is 1.10. The molecule has 0 saturated carbocycles. The fourth-order valence-corrected chi connectivity index (χ4v) is 6.04. The van der Waals surface area contributed by atoms with Gasteiger partial charge in [-0.1, -0.05) is 91.0 Å².